The van der Waals surface area contributed by atoms with Crippen molar-refractivity contribution in [1.29, 1.82) is 0 Å². The van der Waals surface area contributed by atoms with Crippen LogP contribution in [0.25, 0.3) is 0 Å². The molecule has 0 amide bonds. The summed E-state index contributed by atoms with van der Waals surface area (Å²) in [7, 11) is -3.21. The highest BCUT2D eigenvalue weighted by Gasteiger charge is 2.33. The maximum Gasteiger partial charge on any atom is 0.214 e. The van der Waals surface area contributed by atoms with Crippen molar-refractivity contribution in [2.45, 2.75) is 32.4 Å². The van der Waals surface area contributed by atoms with E-state index < -0.39 is 10.0 Å². The zero-order chi connectivity index (χ0) is 13.9. The molecular formula is C14H21NO3S. The standard InChI is InChI=1S/C14H21NO3S/c1-12-13(2)18-10-9-15(12)19(16,17)11-8-14-6-4-3-5-7-14/h3-7,12-13H,8-11H2,1-2H3. The average Bonchev–Trinajstić information content (AvgIpc) is 2.41. The van der Waals surface area contributed by atoms with Gasteiger partial charge in [-0.15, -0.1) is 0 Å². The first kappa shape index (κ1) is 14.5. The molecule has 0 aliphatic carbocycles. The maximum atomic E-state index is 12.4. The van der Waals surface area contributed by atoms with Gasteiger partial charge in [0.2, 0.25) is 10.0 Å². The molecule has 19 heavy (non-hydrogen) atoms. The van der Waals surface area contributed by atoms with Gasteiger partial charge in [0.15, 0.2) is 0 Å². The molecule has 4 nitrogen and oxygen atoms in total. The number of hydrogen-bond donors (Lipinski definition) is 0. The van der Waals surface area contributed by atoms with E-state index in [1.165, 1.54) is 0 Å². The fourth-order valence-corrected chi connectivity index (χ4v) is 4.07. The van der Waals surface area contributed by atoms with Crippen molar-refractivity contribution in [3.63, 3.8) is 0 Å². The van der Waals surface area contributed by atoms with Gasteiger partial charge < -0.3 is 4.74 Å². The van der Waals surface area contributed by atoms with Crippen molar-refractivity contribution in [1.82, 2.24) is 4.31 Å². The first-order valence-corrected chi connectivity index (χ1v) is 8.26. The Hall–Kier alpha value is -0.910. The highest BCUT2D eigenvalue weighted by Crippen LogP contribution is 2.18. The molecule has 0 spiro atoms. The van der Waals surface area contributed by atoms with Crippen LogP contribution in [0.5, 0.6) is 0 Å². The van der Waals surface area contributed by atoms with E-state index in [0.717, 1.165) is 5.56 Å². The topological polar surface area (TPSA) is 46.6 Å². The first-order valence-electron chi connectivity index (χ1n) is 6.66. The van der Waals surface area contributed by atoms with Gasteiger partial charge in [-0.3, -0.25) is 0 Å². The molecule has 0 saturated carbocycles. The first-order chi connectivity index (χ1) is 9.00. The summed E-state index contributed by atoms with van der Waals surface area (Å²) >= 11 is 0. The molecule has 1 aromatic rings. The molecule has 0 radical (unpaired) electrons. The Morgan fingerprint density at radius 2 is 1.95 bits per heavy atom. The monoisotopic (exact) mass is 283 g/mol. The third-order valence-corrected chi connectivity index (χ3v) is 5.62. The van der Waals surface area contributed by atoms with E-state index in [1.807, 2.05) is 44.2 Å². The molecule has 0 N–H and O–H groups in total. The zero-order valence-electron chi connectivity index (χ0n) is 11.5. The number of nitrogens with zero attached hydrogens (tertiary/aromatic N) is 1. The molecule has 1 fully saturated rings. The van der Waals surface area contributed by atoms with Gasteiger partial charge >= 0.3 is 0 Å². The Kier molecular flexibility index (Phi) is 4.60. The van der Waals surface area contributed by atoms with Crippen LogP contribution in [0.4, 0.5) is 0 Å². The summed E-state index contributed by atoms with van der Waals surface area (Å²) in [6, 6.07) is 9.63. The SMILES string of the molecule is CC1OCCN(S(=O)(=O)CCc2ccccc2)C1C. The number of aryl methyl sites for hydroxylation is 1. The molecule has 2 unspecified atom stereocenters. The number of ether oxygens (including phenoxy) is 1. The number of benzene rings is 1. The van der Waals surface area contributed by atoms with Crippen molar-refractivity contribution >= 4 is 10.0 Å². The summed E-state index contributed by atoms with van der Waals surface area (Å²) in [5.41, 5.74) is 1.06. The molecule has 1 aliphatic heterocycles. The van der Waals surface area contributed by atoms with Gasteiger partial charge in [0.1, 0.15) is 0 Å². The van der Waals surface area contributed by atoms with E-state index in [9.17, 15) is 8.42 Å². The van der Waals surface area contributed by atoms with E-state index in [1.54, 1.807) is 4.31 Å². The fraction of sp³-hybridized carbons (Fsp3) is 0.571. The van der Waals surface area contributed by atoms with E-state index >= 15 is 0 Å². The van der Waals surface area contributed by atoms with Crippen LogP contribution in [0.3, 0.4) is 0 Å². The summed E-state index contributed by atoms with van der Waals surface area (Å²) in [5.74, 6) is 0.161. The molecule has 2 atom stereocenters. The molecular weight excluding hydrogens is 262 g/mol. The Morgan fingerprint density at radius 3 is 2.63 bits per heavy atom. The minimum atomic E-state index is -3.21. The Balaban J connectivity index is 2.02. The predicted molar refractivity (Wildman–Crippen MR) is 75.5 cm³/mol. The molecule has 106 valence electrons. The van der Waals surface area contributed by atoms with E-state index in [-0.39, 0.29) is 17.9 Å². The quantitative estimate of drug-likeness (QED) is 0.844. The van der Waals surface area contributed by atoms with Crippen LogP contribution in [0.1, 0.15) is 19.4 Å². The van der Waals surface area contributed by atoms with Crippen molar-refractivity contribution < 1.29 is 13.2 Å². The molecule has 0 bridgehead atoms. The Morgan fingerprint density at radius 1 is 1.26 bits per heavy atom. The molecule has 1 heterocycles. The third kappa shape index (κ3) is 3.55. The van der Waals surface area contributed by atoms with Crippen LogP contribution in [0.2, 0.25) is 0 Å². The fourth-order valence-electron chi connectivity index (χ4n) is 2.31. The maximum absolute atomic E-state index is 12.4. The number of morpholine rings is 1. The van der Waals surface area contributed by atoms with E-state index in [0.29, 0.717) is 19.6 Å². The third-order valence-electron chi connectivity index (χ3n) is 3.67. The lowest BCUT2D eigenvalue weighted by molar-refractivity contribution is -0.0231. The van der Waals surface area contributed by atoms with Crippen LogP contribution < -0.4 is 0 Å². The molecule has 2 rings (SSSR count). The van der Waals surface area contributed by atoms with E-state index in [4.69, 9.17) is 4.74 Å². The van der Waals surface area contributed by atoms with Gasteiger partial charge in [-0.25, -0.2) is 8.42 Å². The van der Waals surface area contributed by atoms with Crippen molar-refractivity contribution in [2.75, 3.05) is 18.9 Å². The number of hydrogen-bond acceptors (Lipinski definition) is 3. The van der Waals surface area contributed by atoms with Crippen LogP contribution in [-0.4, -0.2) is 43.8 Å². The Labute approximate surface area is 115 Å². The molecule has 1 aromatic carbocycles. The smallest absolute Gasteiger partial charge is 0.214 e. The predicted octanol–water partition coefficient (Wildman–Crippen LogP) is 1.67. The lowest BCUT2D eigenvalue weighted by Gasteiger charge is -2.36. The second kappa shape index (κ2) is 6.03. The van der Waals surface area contributed by atoms with Crippen molar-refractivity contribution in [3.05, 3.63) is 35.9 Å². The lowest BCUT2D eigenvalue weighted by atomic mass is 10.2. The highest BCUT2D eigenvalue weighted by molar-refractivity contribution is 7.89. The molecule has 1 saturated heterocycles. The number of sulfonamides is 1. The molecule has 0 aromatic heterocycles. The summed E-state index contributed by atoms with van der Waals surface area (Å²) in [4.78, 5) is 0. The van der Waals surface area contributed by atoms with Crippen molar-refractivity contribution in [2.24, 2.45) is 0 Å². The normalized spacial score (nSPS) is 25.4. The zero-order valence-corrected chi connectivity index (χ0v) is 12.3. The largest absolute Gasteiger partial charge is 0.375 e. The Bertz CT molecular complexity index is 501. The highest BCUT2D eigenvalue weighted by atomic mass is 32.2. The summed E-state index contributed by atoms with van der Waals surface area (Å²) in [6.45, 7) is 4.77. The second-order valence-corrected chi connectivity index (χ2v) is 7.02. The van der Waals surface area contributed by atoms with Crippen LogP contribution in [-0.2, 0) is 21.2 Å². The van der Waals surface area contributed by atoms with E-state index in [2.05, 4.69) is 0 Å². The van der Waals surface area contributed by atoms with Gasteiger partial charge in [-0.1, -0.05) is 30.3 Å². The molecule has 1 aliphatic rings. The van der Waals surface area contributed by atoms with Gasteiger partial charge in [-0.05, 0) is 25.8 Å². The average molecular weight is 283 g/mol. The summed E-state index contributed by atoms with van der Waals surface area (Å²) in [5, 5.41) is 0. The van der Waals surface area contributed by atoms with Gasteiger partial charge in [0, 0.05) is 12.6 Å². The minimum absolute atomic E-state index is 0.0414. The van der Waals surface area contributed by atoms with Crippen molar-refractivity contribution in [3.8, 4) is 0 Å². The van der Waals surface area contributed by atoms with Crippen LogP contribution >= 0.6 is 0 Å². The van der Waals surface area contributed by atoms with Gasteiger partial charge in [0.05, 0.1) is 18.5 Å². The summed E-state index contributed by atoms with van der Waals surface area (Å²) in [6.07, 6.45) is 0.516. The number of rotatable bonds is 4. The van der Waals surface area contributed by atoms with Crippen LogP contribution in [0, 0.1) is 0 Å². The van der Waals surface area contributed by atoms with Gasteiger partial charge in [0.25, 0.3) is 0 Å². The van der Waals surface area contributed by atoms with Gasteiger partial charge in [-0.2, -0.15) is 4.31 Å². The summed E-state index contributed by atoms with van der Waals surface area (Å²) < 4.78 is 31.8. The molecule has 5 heteroatoms. The second-order valence-electron chi connectivity index (χ2n) is 4.98. The van der Waals surface area contributed by atoms with Crippen LogP contribution in [0.15, 0.2) is 30.3 Å². The lowest BCUT2D eigenvalue weighted by Crippen LogP contribution is -2.51. The minimum Gasteiger partial charge on any atom is -0.375 e.